The minimum Gasteiger partial charge on any atom is -0.342 e. The molecule has 0 radical (unpaired) electrons. The fourth-order valence-electron chi connectivity index (χ4n) is 3.64. The van der Waals surface area contributed by atoms with E-state index in [1.54, 1.807) is 0 Å². The lowest BCUT2D eigenvalue weighted by Gasteiger charge is -2.16. The number of carbonyl (C=O) groups is 1. The number of para-hydroxylation sites is 2. The first-order valence-corrected chi connectivity index (χ1v) is 10.2. The summed E-state index contributed by atoms with van der Waals surface area (Å²) in [5.74, 6) is 0.759. The van der Waals surface area contributed by atoms with Gasteiger partial charge in [0.1, 0.15) is 5.82 Å². The smallest absolute Gasteiger partial charge is 0.252 e. The van der Waals surface area contributed by atoms with Gasteiger partial charge in [0.25, 0.3) is 5.91 Å². The molecule has 4 heteroatoms. The summed E-state index contributed by atoms with van der Waals surface area (Å²) in [6, 6.07) is 25.7. The fraction of sp³-hybridized carbons (Fsp3) is 0.154. The molecule has 4 nitrogen and oxygen atoms in total. The summed E-state index contributed by atoms with van der Waals surface area (Å²) in [6.45, 7) is 4.60. The third-order valence-corrected chi connectivity index (χ3v) is 5.21. The molecule has 1 N–H and O–H groups in total. The van der Waals surface area contributed by atoms with Gasteiger partial charge in [-0.1, -0.05) is 72.8 Å². The van der Waals surface area contributed by atoms with Gasteiger partial charge in [-0.15, -0.1) is 0 Å². The number of hydrogen-bond donors (Lipinski definition) is 1. The van der Waals surface area contributed by atoms with E-state index in [1.165, 1.54) is 0 Å². The van der Waals surface area contributed by atoms with E-state index in [4.69, 9.17) is 4.98 Å². The van der Waals surface area contributed by atoms with Crippen molar-refractivity contribution in [1.82, 2.24) is 14.9 Å². The van der Waals surface area contributed by atoms with E-state index < -0.39 is 0 Å². The first-order chi connectivity index (χ1) is 14.6. The number of amides is 1. The summed E-state index contributed by atoms with van der Waals surface area (Å²) >= 11 is 0. The maximum absolute atomic E-state index is 12.8. The molecule has 3 aromatic carbocycles. The fourth-order valence-corrected chi connectivity index (χ4v) is 3.64. The van der Waals surface area contributed by atoms with Gasteiger partial charge >= 0.3 is 0 Å². The van der Waals surface area contributed by atoms with Crippen molar-refractivity contribution < 1.29 is 4.79 Å². The maximum Gasteiger partial charge on any atom is 0.252 e. The number of benzene rings is 3. The van der Waals surface area contributed by atoms with E-state index >= 15 is 0 Å². The van der Waals surface area contributed by atoms with Gasteiger partial charge in [-0.2, -0.15) is 0 Å². The second kappa shape index (κ2) is 8.78. The minimum absolute atomic E-state index is 0.0842. The number of imidazole rings is 1. The van der Waals surface area contributed by atoms with E-state index in [1.807, 2.05) is 74.5 Å². The topological polar surface area (TPSA) is 46.9 Å². The van der Waals surface area contributed by atoms with Crippen LogP contribution in [0.1, 0.15) is 40.3 Å². The van der Waals surface area contributed by atoms with E-state index in [2.05, 4.69) is 40.2 Å². The van der Waals surface area contributed by atoms with Gasteiger partial charge in [0, 0.05) is 12.1 Å². The highest BCUT2D eigenvalue weighted by molar-refractivity contribution is 5.95. The van der Waals surface area contributed by atoms with Crippen LogP contribution in [0.3, 0.4) is 0 Å². The number of aromatic nitrogens is 2. The third kappa shape index (κ3) is 4.18. The number of nitrogens with one attached hydrogen (secondary N) is 1. The summed E-state index contributed by atoms with van der Waals surface area (Å²) in [5.41, 5.74) is 4.79. The number of allylic oxidation sites excluding steroid dienone is 1. The molecular weight excluding hydrogens is 370 g/mol. The third-order valence-electron chi connectivity index (χ3n) is 5.21. The zero-order chi connectivity index (χ0) is 20.9. The molecule has 4 rings (SSSR count). The predicted molar refractivity (Wildman–Crippen MR) is 122 cm³/mol. The first kappa shape index (κ1) is 19.6. The first-order valence-electron chi connectivity index (χ1n) is 10.2. The molecule has 0 aliphatic heterocycles. The summed E-state index contributed by atoms with van der Waals surface area (Å²) < 4.78 is 2.16. The van der Waals surface area contributed by atoms with Gasteiger partial charge in [-0.3, -0.25) is 4.79 Å². The van der Waals surface area contributed by atoms with Crippen molar-refractivity contribution in [3.05, 3.63) is 107 Å². The molecular formula is C26H25N3O. The zero-order valence-corrected chi connectivity index (χ0v) is 17.2. The molecule has 1 heterocycles. The van der Waals surface area contributed by atoms with Crippen LogP contribution in [0.25, 0.3) is 17.1 Å². The van der Waals surface area contributed by atoms with Gasteiger partial charge in [-0.05, 0) is 43.2 Å². The van der Waals surface area contributed by atoms with Crippen molar-refractivity contribution in [1.29, 1.82) is 0 Å². The molecule has 0 spiro atoms. The lowest BCUT2D eigenvalue weighted by Crippen LogP contribution is -2.29. The van der Waals surface area contributed by atoms with Crippen LogP contribution < -0.4 is 5.32 Å². The Hall–Kier alpha value is -3.66. The summed E-state index contributed by atoms with van der Waals surface area (Å²) in [5, 5.41) is 3.12. The number of hydrogen-bond acceptors (Lipinski definition) is 2. The molecule has 1 atom stereocenters. The summed E-state index contributed by atoms with van der Waals surface area (Å²) in [6.07, 6.45) is 4.23. The normalized spacial score (nSPS) is 12.3. The Morgan fingerprint density at radius 3 is 2.50 bits per heavy atom. The molecule has 0 aliphatic rings. The Kier molecular flexibility index (Phi) is 5.75. The van der Waals surface area contributed by atoms with E-state index in [0.29, 0.717) is 12.1 Å². The van der Waals surface area contributed by atoms with E-state index in [0.717, 1.165) is 28.0 Å². The zero-order valence-electron chi connectivity index (χ0n) is 17.2. The van der Waals surface area contributed by atoms with Gasteiger partial charge in [0.05, 0.1) is 17.1 Å². The van der Waals surface area contributed by atoms with E-state index in [9.17, 15) is 4.79 Å². The lowest BCUT2D eigenvalue weighted by molar-refractivity contribution is 0.0937. The number of nitrogens with zero attached hydrogens (tertiary/aromatic N) is 2. The van der Waals surface area contributed by atoms with Crippen molar-refractivity contribution in [3.63, 3.8) is 0 Å². The molecule has 150 valence electrons. The van der Waals surface area contributed by atoms with Crippen LogP contribution in [0.4, 0.5) is 0 Å². The molecule has 0 saturated carbocycles. The molecule has 0 saturated heterocycles. The van der Waals surface area contributed by atoms with Crippen LogP contribution in [-0.4, -0.2) is 15.5 Å². The second-order valence-electron chi connectivity index (χ2n) is 7.39. The molecule has 1 amide bonds. The Morgan fingerprint density at radius 1 is 1.00 bits per heavy atom. The van der Waals surface area contributed by atoms with Crippen LogP contribution in [0.5, 0.6) is 0 Å². The maximum atomic E-state index is 12.8. The molecule has 0 aliphatic carbocycles. The Morgan fingerprint density at radius 2 is 1.70 bits per heavy atom. The quantitative estimate of drug-likeness (QED) is 0.465. The van der Waals surface area contributed by atoms with Crippen LogP contribution in [-0.2, 0) is 6.54 Å². The average molecular weight is 396 g/mol. The molecule has 30 heavy (non-hydrogen) atoms. The second-order valence-corrected chi connectivity index (χ2v) is 7.39. The SMILES string of the molecule is Cc1ccccc1C(=O)NC(C)c1nc2ccccc2n1C/C=C/c1ccccc1. The Balaban J connectivity index is 1.61. The molecule has 0 bridgehead atoms. The van der Waals surface area contributed by atoms with Crippen LogP contribution in [0.2, 0.25) is 0 Å². The summed E-state index contributed by atoms with van der Waals surface area (Å²) in [7, 11) is 0. The highest BCUT2D eigenvalue weighted by Gasteiger charge is 2.19. The molecule has 4 aromatic rings. The Bertz CT molecular complexity index is 1190. The Labute approximate surface area is 176 Å². The highest BCUT2D eigenvalue weighted by atomic mass is 16.1. The predicted octanol–water partition coefficient (Wildman–Crippen LogP) is 5.55. The van der Waals surface area contributed by atoms with Crippen molar-refractivity contribution in [2.24, 2.45) is 0 Å². The lowest BCUT2D eigenvalue weighted by atomic mass is 10.1. The highest BCUT2D eigenvalue weighted by Crippen LogP contribution is 2.22. The molecule has 0 fully saturated rings. The van der Waals surface area contributed by atoms with Crippen LogP contribution in [0.15, 0.2) is 84.9 Å². The van der Waals surface area contributed by atoms with Crippen molar-refractivity contribution in [2.75, 3.05) is 0 Å². The van der Waals surface area contributed by atoms with Crippen LogP contribution in [0, 0.1) is 6.92 Å². The number of carbonyl (C=O) groups excluding carboxylic acids is 1. The molecule has 1 unspecified atom stereocenters. The number of rotatable bonds is 6. The van der Waals surface area contributed by atoms with Gasteiger partial charge < -0.3 is 9.88 Å². The van der Waals surface area contributed by atoms with Crippen LogP contribution >= 0.6 is 0 Å². The van der Waals surface area contributed by atoms with E-state index in [-0.39, 0.29) is 11.9 Å². The average Bonchev–Trinajstić information content (AvgIpc) is 3.14. The minimum atomic E-state index is -0.227. The largest absolute Gasteiger partial charge is 0.342 e. The number of aryl methyl sites for hydroxylation is 1. The molecule has 1 aromatic heterocycles. The van der Waals surface area contributed by atoms with Gasteiger partial charge in [0.15, 0.2) is 0 Å². The van der Waals surface area contributed by atoms with Crippen molar-refractivity contribution in [3.8, 4) is 0 Å². The number of fused-ring (bicyclic) bond motifs is 1. The standard InChI is InChI=1S/C26H25N3O/c1-19-11-6-7-15-22(19)26(30)27-20(2)25-28-23-16-8-9-17-24(23)29(25)18-10-14-21-12-4-3-5-13-21/h3-17,20H,18H2,1-2H3,(H,27,30)/b14-10+. The monoisotopic (exact) mass is 395 g/mol. The van der Waals surface area contributed by atoms with Gasteiger partial charge in [0.2, 0.25) is 0 Å². The van der Waals surface area contributed by atoms with Gasteiger partial charge in [-0.25, -0.2) is 4.98 Å². The van der Waals surface area contributed by atoms with Crippen molar-refractivity contribution >= 4 is 23.0 Å². The summed E-state index contributed by atoms with van der Waals surface area (Å²) in [4.78, 5) is 17.6. The van der Waals surface area contributed by atoms with Crippen molar-refractivity contribution in [2.45, 2.75) is 26.4 Å².